The Morgan fingerprint density at radius 1 is 1.44 bits per heavy atom. The van der Waals surface area contributed by atoms with Gasteiger partial charge in [0.05, 0.1) is 10.7 Å². The lowest BCUT2D eigenvalue weighted by atomic mass is 9.98. The number of rotatable bonds is 4. The van der Waals surface area contributed by atoms with Gasteiger partial charge >= 0.3 is 5.97 Å². The van der Waals surface area contributed by atoms with E-state index in [1.165, 1.54) is 10.9 Å². The topological polar surface area (TPSA) is 83.6 Å². The average Bonchev–Trinajstić information content (AvgIpc) is 3.18. The van der Waals surface area contributed by atoms with Crippen LogP contribution in [-0.2, 0) is 6.42 Å². The summed E-state index contributed by atoms with van der Waals surface area (Å²) in [6.07, 6.45) is 2.35. The number of likely N-dealkylation sites (tertiary alicyclic amines) is 1. The molecule has 0 bridgehead atoms. The van der Waals surface area contributed by atoms with Crippen LogP contribution in [0.4, 0.5) is 0 Å². The Morgan fingerprint density at radius 2 is 2.20 bits per heavy atom. The van der Waals surface area contributed by atoms with Gasteiger partial charge in [0.15, 0.2) is 5.76 Å². The van der Waals surface area contributed by atoms with E-state index < -0.39 is 5.97 Å². The molecule has 1 saturated heterocycles. The van der Waals surface area contributed by atoms with E-state index in [9.17, 15) is 14.7 Å². The number of piperidine rings is 1. The normalized spacial score (nSPS) is 17.7. The number of aryl methyl sites for hydroxylation is 3. The van der Waals surface area contributed by atoms with Crippen LogP contribution in [-0.4, -0.2) is 40.0 Å². The number of hydrogen-bond donors (Lipinski definition) is 1. The van der Waals surface area contributed by atoms with Crippen LogP contribution in [0.3, 0.4) is 0 Å². The molecule has 2 aromatic heterocycles. The van der Waals surface area contributed by atoms with E-state index in [0.29, 0.717) is 25.3 Å². The monoisotopic (exact) mass is 362 g/mol. The predicted octanol–water partition coefficient (Wildman–Crippen LogP) is 3.63. The summed E-state index contributed by atoms with van der Waals surface area (Å²) >= 11 is 1.69. The van der Waals surface area contributed by atoms with Crippen molar-refractivity contribution < 1.29 is 19.1 Å². The molecule has 0 aliphatic carbocycles. The number of nitrogens with zero attached hydrogens (tertiary/aromatic N) is 2. The molecule has 134 valence electrons. The summed E-state index contributed by atoms with van der Waals surface area (Å²) in [5.74, 6) is -0.617. The fourth-order valence-corrected chi connectivity index (χ4v) is 4.22. The lowest BCUT2D eigenvalue weighted by Gasteiger charge is -2.31. The molecule has 0 radical (unpaired) electrons. The number of hydrogen-bond acceptors (Lipinski definition) is 5. The van der Waals surface area contributed by atoms with E-state index in [0.717, 1.165) is 23.5 Å². The second-order valence-electron chi connectivity index (χ2n) is 6.39. The van der Waals surface area contributed by atoms with Crippen molar-refractivity contribution in [3.8, 4) is 0 Å². The second-order valence-corrected chi connectivity index (χ2v) is 7.63. The number of aromatic nitrogens is 1. The second kappa shape index (κ2) is 7.00. The minimum Gasteiger partial charge on any atom is -0.478 e. The molecule has 1 fully saturated rings. The van der Waals surface area contributed by atoms with Gasteiger partial charge in [-0.1, -0.05) is 6.92 Å². The van der Waals surface area contributed by atoms with E-state index in [2.05, 4.69) is 11.9 Å². The summed E-state index contributed by atoms with van der Waals surface area (Å²) in [5.41, 5.74) is 1.12. The molecule has 3 heterocycles. The molecule has 1 aliphatic heterocycles. The summed E-state index contributed by atoms with van der Waals surface area (Å²) in [7, 11) is 0. The van der Waals surface area contributed by atoms with Crippen LogP contribution >= 0.6 is 11.3 Å². The third-order valence-corrected chi connectivity index (χ3v) is 5.91. The summed E-state index contributed by atoms with van der Waals surface area (Å²) in [5, 5.41) is 10.3. The van der Waals surface area contributed by atoms with Crippen molar-refractivity contribution in [2.75, 3.05) is 13.1 Å². The Labute approximate surface area is 150 Å². The number of carbonyl (C=O) groups excluding carboxylic acids is 1. The van der Waals surface area contributed by atoms with Crippen molar-refractivity contribution >= 4 is 23.2 Å². The van der Waals surface area contributed by atoms with Crippen LogP contribution in [0, 0.1) is 13.8 Å². The molecular weight excluding hydrogens is 340 g/mol. The molecular formula is C18H22N2O4S. The highest BCUT2D eigenvalue weighted by atomic mass is 32.1. The molecule has 0 saturated carbocycles. The number of carboxylic acids is 1. The van der Waals surface area contributed by atoms with Crippen LogP contribution in [0.2, 0.25) is 0 Å². The first-order valence-corrected chi connectivity index (χ1v) is 9.31. The molecule has 6 nitrogen and oxygen atoms in total. The zero-order chi connectivity index (χ0) is 18.1. The van der Waals surface area contributed by atoms with Crippen molar-refractivity contribution in [2.45, 2.75) is 46.0 Å². The molecule has 1 amide bonds. The first-order valence-electron chi connectivity index (χ1n) is 8.49. The molecule has 1 unspecified atom stereocenters. The van der Waals surface area contributed by atoms with Crippen LogP contribution < -0.4 is 0 Å². The van der Waals surface area contributed by atoms with E-state index in [-0.39, 0.29) is 23.1 Å². The van der Waals surface area contributed by atoms with Crippen LogP contribution in [0.1, 0.15) is 67.9 Å². The van der Waals surface area contributed by atoms with E-state index in [1.54, 1.807) is 16.2 Å². The van der Waals surface area contributed by atoms with Gasteiger partial charge in [-0.3, -0.25) is 4.79 Å². The fraction of sp³-hybridized carbons (Fsp3) is 0.500. The maximum Gasteiger partial charge on any atom is 0.339 e. The van der Waals surface area contributed by atoms with Crippen LogP contribution in [0.15, 0.2) is 10.5 Å². The van der Waals surface area contributed by atoms with Crippen molar-refractivity contribution in [3.63, 3.8) is 0 Å². The molecule has 25 heavy (non-hydrogen) atoms. The first kappa shape index (κ1) is 17.7. The first-order chi connectivity index (χ1) is 11.9. The van der Waals surface area contributed by atoms with Crippen molar-refractivity contribution in [3.05, 3.63) is 38.7 Å². The van der Waals surface area contributed by atoms with Gasteiger partial charge in [-0.05, 0) is 26.7 Å². The van der Waals surface area contributed by atoms with E-state index in [4.69, 9.17) is 4.42 Å². The highest BCUT2D eigenvalue weighted by molar-refractivity contribution is 7.11. The van der Waals surface area contributed by atoms with Gasteiger partial charge in [-0.2, -0.15) is 0 Å². The molecule has 2 aromatic rings. The van der Waals surface area contributed by atoms with Gasteiger partial charge in [-0.15, -0.1) is 11.3 Å². The predicted molar refractivity (Wildman–Crippen MR) is 94.5 cm³/mol. The molecule has 0 spiro atoms. The summed E-state index contributed by atoms with van der Waals surface area (Å²) in [6.45, 7) is 7.12. The van der Waals surface area contributed by atoms with Crippen LogP contribution in [0.5, 0.6) is 0 Å². The Bertz CT molecular complexity index is 789. The highest BCUT2D eigenvalue weighted by Gasteiger charge is 2.30. The zero-order valence-electron chi connectivity index (χ0n) is 14.7. The molecule has 0 aromatic carbocycles. The Balaban J connectivity index is 1.79. The number of amides is 1. The SMILES string of the molecule is CCc1oc(C(=O)N2CCCC(c3nc(C)c(C)s3)C2)cc1C(=O)O. The Morgan fingerprint density at radius 3 is 2.76 bits per heavy atom. The van der Waals surface area contributed by atoms with E-state index >= 15 is 0 Å². The van der Waals surface area contributed by atoms with Gasteiger partial charge in [0, 0.05) is 36.4 Å². The molecule has 7 heteroatoms. The zero-order valence-corrected chi connectivity index (χ0v) is 15.5. The van der Waals surface area contributed by atoms with E-state index in [1.807, 2.05) is 13.8 Å². The van der Waals surface area contributed by atoms with Gasteiger partial charge < -0.3 is 14.4 Å². The van der Waals surface area contributed by atoms with Gasteiger partial charge in [0.2, 0.25) is 0 Å². The molecule has 3 rings (SSSR count). The smallest absolute Gasteiger partial charge is 0.339 e. The van der Waals surface area contributed by atoms with Crippen molar-refractivity contribution in [2.24, 2.45) is 0 Å². The van der Waals surface area contributed by atoms with Gasteiger partial charge in [0.25, 0.3) is 5.91 Å². The Kier molecular flexibility index (Phi) is 4.94. The van der Waals surface area contributed by atoms with Gasteiger partial charge in [-0.25, -0.2) is 9.78 Å². The maximum absolute atomic E-state index is 12.8. The number of furan rings is 1. The number of carbonyl (C=O) groups is 2. The quantitative estimate of drug-likeness (QED) is 0.898. The largest absolute Gasteiger partial charge is 0.478 e. The average molecular weight is 362 g/mol. The molecule has 1 N–H and O–H groups in total. The van der Waals surface area contributed by atoms with Gasteiger partial charge in [0.1, 0.15) is 11.3 Å². The number of thiazole rings is 1. The fourth-order valence-electron chi connectivity index (χ4n) is 3.17. The molecule has 1 atom stereocenters. The minimum atomic E-state index is -1.06. The van der Waals surface area contributed by atoms with Crippen molar-refractivity contribution in [1.29, 1.82) is 0 Å². The maximum atomic E-state index is 12.8. The number of aromatic carboxylic acids is 1. The van der Waals surface area contributed by atoms with Crippen molar-refractivity contribution in [1.82, 2.24) is 9.88 Å². The summed E-state index contributed by atoms with van der Waals surface area (Å²) < 4.78 is 5.52. The lowest BCUT2D eigenvalue weighted by Crippen LogP contribution is -2.39. The Hall–Kier alpha value is -2.15. The summed E-state index contributed by atoms with van der Waals surface area (Å²) in [6, 6.07) is 1.35. The number of carboxylic acid groups (broad SMARTS) is 1. The lowest BCUT2D eigenvalue weighted by molar-refractivity contribution is 0.0669. The third-order valence-electron chi connectivity index (χ3n) is 4.67. The highest BCUT2D eigenvalue weighted by Crippen LogP contribution is 2.32. The minimum absolute atomic E-state index is 0.0746. The third kappa shape index (κ3) is 3.46. The molecule has 1 aliphatic rings. The standard InChI is InChI=1S/C18H22N2O4S/c1-4-14-13(18(22)23)8-15(24-14)17(21)20-7-5-6-12(9-20)16-19-10(2)11(3)25-16/h8,12H,4-7,9H2,1-3H3,(H,22,23). The summed E-state index contributed by atoms with van der Waals surface area (Å²) in [4.78, 5) is 31.6. The van der Waals surface area contributed by atoms with Crippen LogP contribution in [0.25, 0.3) is 0 Å².